The Balaban J connectivity index is 1.94. The molecule has 1 unspecified atom stereocenters. The summed E-state index contributed by atoms with van der Waals surface area (Å²) in [6.45, 7) is 1.84. The average Bonchev–Trinajstić information content (AvgIpc) is 2.62. The van der Waals surface area contributed by atoms with E-state index in [1.54, 1.807) is 32.6 Å². The van der Waals surface area contributed by atoms with Crippen LogP contribution in [-0.2, 0) is 4.79 Å². The zero-order chi connectivity index (χ0) is 17.4. The zero-order valence-electron chi connectivity index (χ0n) is 13.9. The second kappa shape index (κ2) is 8.98. The molecule has 0 aliphatic carbocycles. The van der Waals surface area contributed by atoms with Gasteiger partial charge in [0.15, 0.2) is 0 Å². The molecule has 0 heterocycles. The zero-order valence-corrected chi connectivity index (χ0v) is 14.7. The van der Waals surface area contributed by atoms with Crippen molar-refractivity contribution in [2.75, 3.05) is 14.2 Å². The molecule has 0 radical (unpaired) electrons. The first-order valence-electron chi connectivity index (χ1n) is 7.40. The lowest BCUT2D eigenvalue weighted by molar-refractivity contribution is -0.120. The lowest BCUT2D eigenvalue weighted by Crippen LogP contribution is -2.26. The molecule has 1 N–H and O–H groups in total. The van der Waals surface area contributed by atoms with Crippen molar-refractivity contribution in [1.29, 1.82) is 0 Å². The summed E-state index contributed by atoms with van der Waals surface area (Å²) in [4.78, 5) is 13.1. The van der Waals surface area contributed by atoms with Crippen molar-refractivity contribution in [3.63, 3.8) is 0 Å². The normalized spacial score (nSPS) is 12.0. The number of methoxy groups -OCH3 is 2. The first-order chi connectivity index (χ1) is 11.6. The number of carbonyl (C=O) groups excluding carboxylic acids is 1. The Hall–Kier alpha value is -2.47. The fourth-order valence-electron chi connectivity index (χ4n) is 1.94. The second-order valence-corrected chi connectivity index (χ2v) is 6.33. The first kappa shape index (κ1) is 17.9. The van der Waals surface area contributed by atoms with E-state index in [0.717, 1.165) is 10.5 Å². The Bertz CT molecular complexity index is 705. The number of hydrogen-bond donors (Lipinski definition) is 1. The highest BCUT2D eigenvalue weighted by Gasteiger charge is 2.13. The molecule has 0 bridgehead atoms. The third-order valence-corrected chi connectivity index (χ3v) is 4.36. The fraction of sp³-hybridized carbons (Fsp3) is 0.222. The number of nitrogens with one attached hydrogen (secondary N) is 1. The third kappa shape index (κ3) is 5.03. The van der Waals surface area contributed by atoms with E-state index in [4.69, 9.17) is 9.47 Å². The molecule has 0 saturated carbocycles. The van der Waals surface area contributed by atoms with Crippen LogP contribution in [0.1, 0.15) is 12.5 Å². The summed E-state index contributed by atoms with van der Waals surface area (Å²) in [5.74, 6) is 1.16. The Labute approximate surface area is 146 Å². The predicted octanol–water partition coefficient (Wildman–Crippen LogP) is 3.33. The number of hydrogen-bond acceptors (Lipinski definition) is 5. The molecule has 0 aliphatic heterocycles. The number of carbonyl (C=O) groups is 1. The molecule has 1 amide bonds. The molecule has 2 rings (SSSR count). The Morgan fingerprint density at radius 3 is 2.58 bits per heavy atom. The van der Waals surface area contributed by atoms with Crippen LogP contribution in [0.3, 0.4) is 0 Å². The van der Waals surface area contributed by atoms with Gasteiger partial charge in [-0.25, -0.2) is 5.43 Å². The molecular formula is C18H20N2O3S. The minimum atomic E-state index is -0.248. The van der Waals surface area contributed by atoms with Gasteiger partial charge >= 0.3 is 0 Å². The van der Waals surface area contributed by atoms with Gasteiger partial charge in [-0.05, 0) is 31.2 Å². The molecule has 2 aromatic rings. The summed E-state index contributed by atoms with van der Waals surface area (Å²) in [5, 5.41) is 3.76. The maximum Gasteiger partial charge on any atom is 0.253 e. The highest BCUT2D eigenvalue weighted by molar-refractivity contribution is 8.00. The van der Waals surface area contributed by atoms with E-state index in [9.17, 15) is 4.79 Å². The fourth-order valence-corrected chi connectivity index (χ4v) is 2.82. The molecule has 5 nitrogen and oxygen atoms in total. The van der Waals surface area contributed by atoms with E-state index < -0.39 is 0 Å². The summed E-state index contributed by atoms with van der Waals surface area (Å²) in [7, 11) is 3.16. The molecule has 0 saturated heterocycles. The number of amides is 1. The largest absolute Gasteiger partial charge is 0.497 e. The standard InChI is InChI=1S/C18H20N2O3S/c1-13(24-16-7-5-4-6-8-16)18(21)20-19-12-14-9-10-15(22-2)11-17(14)23-3/h4-13H,1-3H3,(H,20,21). The molecule has 126 valence electrons. The molecular weight excluding hydrogens is 324 g/mol. The molecule has 0 fully saturated rings. The van der Waals surface area contributed by atoms with Gasteiger partial charge in [0.25, 0.3) is 5.91 Å². The van der Waals surface area contributed by atoms with E-state index in [1.165, 1.54) is 11.8 Å². The smallest absolute Gasteiger partial charge is 0.253 e. The Kier molecular flexibility index (Phi) is 6.69. The SMILES string of the molecule is COc1ccc(C=NNC(=O)C(C)Sc2ccccc2)c(OC)c1. The van der Waals surface area contributed by atoms with Gasteiger partial charge in [0.1, 0.15) is 11.5 Å². The van der Waals surface area contributed by atoms with Crippen LogP contribution in [-0.4, -0.2) is 31.6 Å². The van der Waals surface area contributed by atoms with Crippen molar-refractivity contribution in [3.8, 4) is 11.5 Å². The van der Waals surface area contributed by atoms with Crippen molar-refractivity contribution in [2.24, 2.45) is 5.10 Å². The van der Waals surface area contributed by atoms with Gasteiger partial charge in [-0.3, -0.25) is 4.79 Å². The number of ether oxygens (including phenoxy) is 2. The van der Waals surface area contributed by atoms with E-state index in [2.05, 4.69) is 10.5 Å². The van der Waals surface area contributed by atoms with Gasteiger partial charge in [0, 0.05) is 16.5 Å². The highest BCUT2D eigenvalue weighted by atomic mass is 32.2. The Morgan fingerprint density at radius 1 is 1.17 bits per heavy atom. The van der Waals surface area contributed by atoms with Gasteiger partial charge in [-0.15, -0.1) is 11.8 Å². The lowest BCUT2D eigenvalue weighted by atomic mass is 10.2. The van der Waals surface area contributed by atoms with Crippen LogP contribution >= 0.6 is 11.8 Å². The van der Waals surface area contributed by atoms with Gasteiger partial charge in [-0.2, -0.15) is 5.10 Å². The van der Waals surface area contributed by atoms with Crippen LogP contribution in [0, 0.1) is 0 Å². The number of hydrazone groups is 1. The summed E-state index contributed by atoms with van der Waals surface area (Å²) in [5.41, 5.74) is 3.31. The van der Waals surface area contributed by atoms with Crippen molar-refractivity contribution in [2.45, 2.75) is 17.1 Å². The lowest BCUT2D eigenvalue weighted by Gasteiger charge is -2.09. The summed E-state index contributed by atoms with van der Waals surface area (Å²) in [6, 6.07) is 15.2. The molecule has 0 aromatic heterocycles. The van der Waals surface area contributed by atoms with Gasteiger partial charge in [0.05, 0.1) is 25.7 Å². The second-order valence-electron chi connectivity index (χ2n) is 4.92. The van der Waals surface area contributed by atoms with Gasteiger partial charge < -0.3 is 9.47 Å². The van der Waals surface area contributed by atoms with Crippen LogP contribution < -0.4 is 14.9 Å². The third-order valence-electron chi connectivity index (χ3n) is 3.24. The maximum atomic E-state index is 12.1. The quantitative estimate of drug-likeness (QED) is 0.475. The summed E-state index contributed by atoms with van der Waals surface area (Å²) < 4.78 is 10.4. The van der Waals surface area contributed by atoms with Gasteiger partial charge in [0.2, 0.25) is 0 Å². The van der Waals surface area contributed by atoms with Crippen molar-refractivity contribution in [1.82, 2.24) is 5.43 Å². The molecule has 6 heteroatoms. The number of nitrogens with zero attached hydrogens (tertiary/aromatic N) is 1. The number of thioether (sulfide) groups is 1. The summed E-state index contributed by atoms with van der Waals surface area (Å²) >= 11 is 1.48. The minimum absolute atomic E-state index is 0.160. The topological polar surface area (TPSA) is 59.9 Å². The Morgan fingerprint density at radius 2 is 1.92 bits per heavy atom. The van der Waals surface area contributed by atoms with E-state index in [0.29, 0.717) is 11.5 Å². The van der Waals surface area contributed by atoms with Crippen molar-refractivity contribution < 1.29 is 14.3 Å². The van der Waals surface area contributed by atoms with Crippen LogP contribution in [0.5, 0.6) is 11.5 Å². The predicted molar refractivity (Wildman–Crippen MR) is 97.0 cm³/mol. The highest BCUT2D eigenvalue weighted by Crippen LogP contribution is 2.24. The molecule has 24 heavy (non-hydrogen) atoms. The van der Waals surface area contributed by atoms with Crippen LogP contribution in [0.4, 0.5) is 0 Å². The maximum absolute atomic E-state index is 12.1. The minimum Gasteiger partial charge on any atom is -0.497 e. The van der Waals surface area contributed by atoms with Crippen molar-refractivity contribution in [3.05, 3.63) is 54.1 Å². The van der Waals surface area contributed by atoms with Crippen LogP contribution in [0.25, 0.3) is 0 Å². The molecule has 1 atom stereocenters. The average molecular weight is 344 g/mol. The van der Waals surface area contributed by atoms with Crippen molar-refractivity contribution >= 4 is 23.9 Å². The molecule has 0 spiro atoms. The van der Waals surface area contributed by atoms with Crippen LogP contribution in [0.2, 0.25) is 0 Å². The molecule has 2 aromatic carbocycles. The van der Waals surface area contributed by atoms with E-state index in [1.807, 2.05) is 43.3 Å². The first-order valence-corrected chi connectivity index (χ1v) is 8.28. The monoisotopic (exact) mass is 344 g/mol. The van der Waals surface area contributed by atoms with Crippen LogP contribution in [0.15, 0.2) is 58.5 Å². The van der Waals surface area contributed by atoms with Gasteiger partial charge in [-0.1, -0.05) is 18.2 Å². The number of benzene rings is 2. The molecule has 0 aliphatic rings. The number of rotatable bonds is 7. The van der Waals surface area contributed by atoms with E-state index >= 15 is 0 Å². The van der Waals surface area contributed by atoms with E-state index in [-0.39, 0.29) is 11.2 Å². The summed E-state index contributed by atoms with van der Waals surface area (Å²) in [6.07, 6.45) is 1.55.